The Bertz CT molecular complexity index is 429. The number of nitrogens with zero attached hydrogens (tertiary/aromatic N) is 4. The second-order valence-electron chi connectivity index (χ2n) is 3.51. The Hall–Kier alpha value is -2.12. The predicted molar refractivity (Wildman–Crippen MR) is 59.8 cm³/mol. The molecule has 0 saturated carbocycles. The first-order chi connectivity index (χ1) is 7.97. The molecule has 0 aliphatic heterocycles. The van der Waals surface area contributed by atoms with Gasteiger partial charge in [-0.1, -0.05) is 0 Å². The predicted octanol–water partition coefficient (Wildman–Crippen LogP) is 0.328. The molecule has 1 aromatic heterocycles. The number of rotatable bonds is 5. The second-order valence-corrected chi connectivity index (χ2v) is 3.51. The molecule has 8 nitrogen and oxygen atoms in total. The zero-order valence-corrected chi connectivity index (χ0v) is 9.91. The van der Waals surface area contributed by atoms with E-state index in [9.17, 15) is 14.9 Å². The first-order valence-corrected chi connectivity index (χ1v) is 4.91. The van der Waals surface area contributed by atoms with Crippen LogP contribution in [0.3, 0.4) is 0 Å². The van der Waals surface area contributed by atoms with Crippen molar-refractivity contribution in [1.29, 1.82) is 0 Å². The van der Waals surface area contributed by atoms with E-state index in [0.29, 0.717) is 12.4 Å². The number of hydrogen-bond acceptors (Lipinski definition) is 6. The van der Waals surface area contributed by atoms with E-state index >= 15 is 0 Å². The van der Waals surface area contributed by atoms with E-state index in [-0.39, 0.29) is 18.2 Å². The van der Waals surface area contributed by atoms with Gasteiger partial charge in [-0.2, -0.15) is 0 Å². The molecule has 0 amide bonds. The fourth-order valence-electron chi connectivity index (χ4n) is 1.45. The molecule has 0 aromatic carbocycles. The van der Waals surface area contributed by atoms with Gasteiger partial charge in [0.15, 0.2) is 0 Å². The van der Waals surface area contributed by atoms with Crippen LogP contribution < -0.4 is 4.90 Å². The van der Waals surface area contributed by atoms with Gasteiger partial charge >= 0.3 is 11.8 Å². The third-order valence-electron chi connectivity index (χ3n) is 2.30. The number of ether oxygens (including phenoxy) is 1. The molecule has 0 atom stereocenters. The normalized spacial score (nSPS) is 10.1. The summed E-state index contributed by atoms with van der Waals surface area (Å²) in [6, 6.07) is 0. The number of nitro groups is 1. The van der Waals surface area contributed by atoms with E-state index < -0.39 is 4.92 Å². The van der Waals surface area contributed by atoms with Crippen molar-refractivity contribution in [3.63, 3.8) is 0 Å². The molecular formula is C9H14N4O4. The van der Waals surface area contributed by atoms with Gasteiger partial charge in [-0.15, -0.1) is 0 Å². The lowest BCUT2D eigenvalue weighted by Gasteiger charge is -2.17. The summed E-state index contributed by atoms with van der Waals surface area (Å²) in [6.07, 6.45) is 1.53. The topological polar surface area (TPSA) is 90.5 Å². The number of aromatic nitrogens is 2. The molecule has 1 rings (SSSR count). The minimum atomic E-state index is -0.552. The minimum Gasteiger partial charge on any atom is -0.469 e. The smallest absolute Gasteiger partial charge is 0.406 e. The van der Waals surface area contributed by atoms with E-state index in [1.165, 1.54) is 18.0 Å². The number of esters is 1. The Kier molecular flexibility index (Phi) is 4.02. The van der Waals surface area contributed by atoms with Gasteiger partial charge in [0.25, 0.3) is 0 Å². The lowest BCUT2D eigenvalue weighted by Crippen LogP contribution is -2.24. The molecule has 0 spiro atoms. The van der Waals surface area contributed by atoms with Gasteiger partial charge in [-0.05, 0) is 9.91 Å². The fourth-order valence-corrected chi connectivity index (χ4v) is 1.45. The fraction of sp³-hybridized carbons (Fsp3) is 0.556. The summed E-state index contributed by atoms with van der Waals surface area (Å²) in [7, 11) is 4.62. The number of carbonyl (C=O) groups is 1. The summed E-state index contributed by atoms with van der Waals surface area (Å²) in [4.78, 5) is 26.5. The molecule has 8 heteroatoms. The van der Waals surface area contributed by atoms with Gasteiger partial charge < -0.3 is 19.8 Å². The maximum Gasteiger partial charge on any atom is 0.406 e. The van der Waals surface area contributed by atoms with E-state index in [1.54, 1.807) is 19.0 Å². The van der Waals surface area contributed by atoms with Crippen LogP contribution in [0.25, 0.3) is 0 Å². The molecule has 17 heavy (non-hydrogen) atoms. The lowest BCUT2D eigenvalue weighted by molar-refractivity contribution is -0.388. The number of imidazole rings is 1. The first kappa shape index (κ1) is 12.9. The van der Waals surface area contributed by atoms with Crippen LogP contribution in [0.2, 0.25) is 0 Å². The van der Waals surface area contributed by atoms with Crippen molar-refractivity contribution < 1.29 is 14.5 Å². The number of anilines is 1. The average Bonchev–Trinajstić information content (AvgIpc) is 2.67. The van der Waals surface area contributed by atoms with Crippen LogP contribution in [0.1, 0.15) is 6.42 Å². The Morgan fingerprint density at radius 3 is 2.88 bits per heavy atom. The quantitative estimate of drug-likeness (QED) is 0.420. The largest absolute Gasteiger partial charge is 0.469 e. The SMILES string of the molecule is COC(=O)CCN(C)c1c([N+](=O)[O-])ncn1C. The molecule has 0 radical (unpaired) electrons. The average molecular weight is 242 g/mol. The molecule has 0 aliphatic carbocycles. The highest BCUT2D eigenvalue weighted by Gasteiger charge is 2.23. The van der Waals surface area contributed by atoms with Gasteiger partial charge in [0, 0.05) is 20.6 Å². The van der Waals surface area contributed by atoms with Crippen molar-refractivity contribution in [2.24, 2.45) is 7.05 Å². The Balaban J connectivity index is 2.81. The highest BCUT2D eigenvalue weighted by Crippen LogP contribution is 2.24. The highest BCUT2D eigenvalue weighted by atomic mass is 16.6. The molecule has 94 valence electrons. The molecule has 0 aliphatic rings. The molecule has 0 fully saturated rings. The zero-order valence-electron chi connectivity index (χ0n) is 9.91. The maximum absolute atomic E-state index is 11.0. The zero-order chi connectivity index (χ0) is 13.0. The van der Waals surface area contributed by atoms with Crippen LogP contribution in [0, 0.1) is 10.1 Å². The number of methoxy groups -OCH3 is 1. The van der Waals surface area contributed by atoms with Crippen molar-refractivity contribution in [3.8, 4) is 0 Å². The summed E-state index contributed by atoms with van der Waals surface area (Å²) in [5, 5.41) is 10.7. The molecule has 0 saturated heterocycles. The van der Waals surface area contributed by atoms with Crippen LogP contribution in [0.15, 0.2) is 6.33 Å². The van der Waals surface area contributed by atoms with Gasteiger partial charge in [0.05, 0.1) is 13.5 Å². The summed E-state index contributed by atoms with van der Waals surface area (Å²) < 4.78 is 6.04. The summed E-state index contributed by atoms with van der Waals surface area (Å²) in [6.45, 7) is 0.326. The Labute approximate surface area is 97.9 Å². The van der Waals surface area contributed by atoms with Gasteiger partial charge in [-0.3, -0.25) is 9.36 Å². The van der Waals surface area contributed by atoms with Crippen LogP contribution >= 0.6 is 0 Å². The van der Waals surface area contributed by atoms with Crippen molar-refractivity contribution in [2.45, 2.75) is 6.42 Å². The molecule has 1 aromatic rings. The molecule has 1 heterocycles. The summed E-state index contributed by atoms with van der Waals surface area (Å²) in [5.41, 5.74) is 0. The lowest BCUT2D eigenvalue weighted by atomic mass is 10.4. The molecule has 0 bridgehead atoms. The van der Waals surface area contributed by atoms with Gasteiger partial charge in [-0.25, -0.2) is 0 Å². The highest BCUT2D eigenvalue weighted by molar-refractivity contribution is 5.70. The maximum atomic E-state index is 11.0. The summed E-state index contributed by atoms with van der Waals surface area (Å²) >= 11 is 0. The van der Waals surface area contributed by atoms with Crippen LogP contribution in [-0.4, -0.2) is 41.1 Å². The molecular weight excluding hydrogens is 228 g/mol. The molecule has 0 unspecified atom stereocenters. The third-order valence-corrected chi connectivity index (χ3v) is 2.30. The standard InChI is InChI=1S/C9H14N4O4/c1-11(5-4-7(14)17-3)9-8(13(15)16)10-6-12(9)2/h6H,4-5H2,1-3H3. The van der Waals surface area contributed by atoms with Crippen molar-refractivity contribution in [2.75, 3.05) is 25.6 Å². The van der Waals surface area contributed by atoms with Crippen LogP contribution in [-0.2, 0) is 16.6 Å². The molecule has 0 N–H and O–H groups in total. The van der Waals surface area contributed by atoms with Crippen LogP contribution in [0.4, 0.5) is 11.6 Å². The van der Waals surface area contributed by atoms with Crippen molar-refractivity contribution in [3.05, 3.63) is 16.4 Å². The van der Waals surface area contributed by atoms with E-state index in [4.69, 9.17) is 0 Å². The van der Waals surface area contributed by atoms with E-state index in [2.05, 4.69) is 9.72 Å². The first-order valence-electron chi connectivity index (χ1n) is 4.91. The van der Waals surface area contributed by atoms with Gasteiger partial charge in [0.2, 0.25) is 12.1 Å². The van der Waals surface area contributed by atoms with Gasteiger partial charge in [0.1, 0.15) is 0 Å². The number of hydrogen-bond donors (Lipinski definition) is 0. The third kappa shape index (κ3) is 2.92. The monoisotopic (exact) mass is 242 g/mol. The van der Waals surface area contributed by atoms with Crippen molar-refractivity contribution in [1.82, 2.24) is 9.55 Å². The summed E-state index contributed by atoms with van der Waals surface area (Å²) in [5.74, 6) is -0.222. The Morgan fingerprint density at radius 2 is 2.35 bits per heavy atom. The van der Waals surface area contributed by atoms with E-state index in [0.717, 1.165) is 0 Å². The minimum absolute atomic E-state index is 0.162. The number of carbonyl (C=O) groups excluding carboxylic acids is 1. The van der Waals surface area contributed by atoms with E-state index in [1.807, 2.05) is 0 Å². The Morgan fingerprint density at radius 1 is 1.71 bits per heavy atom. The number of aryl methyl sites for hydroxylation is 1. The van der Waals surface area contributed by atoms with Crippen LogP contribution in [0.5, 0.6) is 0 Å². The second kappa shape index (κ2) is 5.28. The van der Waals surface area contributed by atoms with Crippen molar-refractivity contribution >= 4 is 17.6 Å².